The lowest BCUT2D eigenvalue weighted by Crippen LogP contribution is -2.37. The molecule has 0 unspecified atom stereocenters. The van der Waals surface area contributed by atoms with Gasteiger partial charge in [-0.25, -0.2) is 8.42 Å². The van der Waals surface area contributed by atoms with Gasteiger partial charge in [0.15, 0.2) is 9.84 Å². The Morgan fingerprint density at radius 1 is 1.00 bits per heavy atom. The number of hydrogen-bond acceptors (Lipinski definition) is 5. The van der Waals surface area contributed by atoms with Crippen LogP contribution in [0.4, 0.5) is 11.4 Å². The van der Waals surface area contributed by atoms with Crippen molar-refractivity contribution in [2.45, 2.75) is 4.90 Å². The maximum atomic E-state index is 12.8. The molecule has 0 bridgehead atoms. The number of nitrogens with one attached hydrogen (secondary N) is 1. The summed E-state index contributed by atoms with van der Waals surface area (Å²) in [6.07, 6.45) is 0. The molecule has 30 heavy (non-hydrogen) atoms. The summed E-state index contributed by atoms with van der Waals surface area (Å²) >= 11 is 6.11. The molecule has 3 aromatic carbocycles. The summed E-state index contributed by atoms with van der Waals surface area (Å²) in [5, 5.41) is 4.93. The van der Waals surface area contributed by atoms with E-state index in [-0.39, 0.29) is 4.90 Å². The topological polar surface area (TPSA) is 75.7 Å². The second kappa shape index (κ2) is 8.63. The third kappa shape index (κ3) is 4.59. The quantitative estimate of drug-likeness (QED) is 0.648. The van der Waals surface area contributed by atoms with Gasteiger partial charge in [0.1, 0.15) is 5.75 Å². The number of ether oxygens (including phenoxy) is 1. The Bertz CT molecular complexity index is 1190. The first-order valence-corrected chi connectivity index (χ1v) is 11.6. The number of carbonyl (C=O) groups excluding carboxylic acids is 1. The van der Waals surface area contributed by atoms with E-state index in [9.17, 15) is 13.2 Å². The van der Waals surface area contributed by atoms with Crippen LogP contribution in [0.1, 0.15) is 0 Å². The molecule has 6 nitrogen and oxygen atoms in total. The van der Waals surface area contributed by atoms with Crippen LogP contribution in [-0.2, 0) is 19.4 Å². The summed E-state index contributed by atoms with van der Waals surface area (Å²) in [7, 11) is -3.80. The second-order valence-electron chi connectivity index (χ2n) is 7.08. The van der Waals surface area contributed by atoms with Gasteiger partial charge in [0.25, 0.3) is 0 Å². The molecule has 0 aromatic heterocycles. The van der Waals surface area contributed by atoms with Gasteiger partial charge in [-0.15, -0.1) is 0 Å². The first kappa shape index (κ1) is 20.7. The molecule has 0 saturated carbocycles. The molecule has 3 aromatic rings. The van der Waals surface area contributed by atoms with Crippen molar-refractivity contribution in [2.75, 3.05) is 42.3 Å². The Morgan fingerprint density at radius 3 is 2.50 bits per heavy atom. The van der Waals surface area contributed by atoms with Crippen LogP contribution in [-0.4, -0.2) is 46.4 Å². The van der Waals surface area contributed by atoms with E-state index in [0.717, 1.165) is 16.5 Å². The van der Waals surface area contributed by atoms with Gasteiger partial charge in [0.05, 0.1) is 29.5 Å². The molecule has 1 heterocycles. The van der Waals surface area contributed by atoms with Gasteiger partial charge in [-0.1, -0.05) is 41.9 Å². The van der Waals surface area contributed by atoms with Crippen LogP contribution in [0.25, 0.3) is 10.8 Å². The predicted octanol–water partition coefficient (Wildman–Crippen LogP) is 3.74. The number of benzene rings is 3. The summed E-state index contributed by atoms with van der Waals surface area (Å²) in [6, 6.07) is 17.5. The van der Waals surface area contributed by atoms with Crippen LogP contribution in [0, 0.1) is 0 Å². The van der Waals surface area contributed by atoms with Crippen LogP contribution in [0.2, 0.25) is 5.02 Å². The fourth-order valence-corrected chi connectivity index (χ4v) is 4.83. The van der Waals surface area contributed by atoms with Crippen molar-refractivity contribution < 1.29 is 17.9 Å². The number of sulfone groups is 1. The molecule has 1 amide bonds. The van der Waals surface area contributed by atoms with E-state index in [1.54, 1.807) is 24.3 Å². The Labute approximate surface area is 180 Å². The average Bonchev–Trinajstić information content (AvgIpc) is 2.73. The van der Waals surface area contributed by atoms with Crippen molar-refractivity contribution in [2.24, 2.45) is 0 Å². The highest BCUT2D eigenvalue weighted by Gasteiger charge is 2.22. The van der Waals surface area contributed by atoms with Gasteiger partial charge in [-0.2, -0.15) is 0 Å². The van der Waals surface area contributed by atoms with E-state index in [1.165, 1.54) is 6.07 Å². The second-order valence-corrected chi connectivity index (χ2v) is 9.50. The van der Waals surface area contributed by atoms with E-state index in [1.807, 2.05) is 30.3 Å². The van der Waals surface area contributed by atoms with E-state index in [4.69, 9.17) is 16.3 Å². The number of fused-ring (bicyclic) bond motifs is 1. The normalized spacial score (nSPS) is 14.6. The average molecular weight is 445 g/mol. The molecule has 4 rings (SSSR count). The number of hydrogen-bond donors (Lipinski definition) is 1. The van der Waals surface area contributed by atoms with Gasteiger partial charge >= 0.3 is 0 Å². The minimum Gasteiger partial charge on any atom is -0.378 e. The minimum atomic E-state index is -3.80. The molecule has 8 heteroatoms. The number of morpholine rings is 1. The fourth-order valence-electron chi connectivity index (χ4n) is 3.49. The predicted molar refractivity (Wildman–Crippen MR) is 119 cm³/mol. The Morgan fingerprint density at radius 2 is 1.73 bits per heavy atom. The molecule has 0 spiro atoms. The van der Waals surface area contributed by atoms with E-state index in [0.29, 0.717) is 37.0 Å². The monoisotopic (exact) mass is 444 g/mol. The number of amides is 1. The SMILES string of the molecule is O=C(CS(=O)(=O)c1ccc2ccccc2c1)Nc1cc(Cl)ccc1N1CCOCC1. The number of nitrogens with zero attached hydrogens (tertiary/aromatic N) is 1. The highest BCUT2D eigenvalue weighted by atomic mass is 35.5. The summed E-state index contributed by atoms with van der Waals surface area (Å²) in [5.41, 5.74) is 1.28. The zero-order chi connectivity index (χ0) is 21.1. The third-order valence-electron chi connectivity index (χ3n) is 4.99. The fraction of sp³-hybridized carbons (Fsp3) is 0.227. The lowest BCUT2D eigenvalue weighted by Gasteiger charge is -2.30. The van der Waals surface area contributed by atoms with Crippen LogP contribution >= 0.6 is 11.6 Å². The van der Waals surface area contributed by atoms with Crippen LogP contribution in [0.15, 0.2) is 65.6 Å². The third-order valence-corrected chi connectivity index (χ3v) is 6.84. The molecule has 1 N–H and O–H groups in total. The van der Waals surface area contributed by atoms with Crippen molar-refractivity contribution in [3.63, 3.8) is 0 Å². The van der Waals surface area contributed by atoms with Crippen molar-refractivity contribution in [3.05, 3.63) is 65.7 Å². The summed E-state index contributed by atoms with van der Waals surface area (Å²) < 4.78 is 31.0. The van der Waals surface area contributed by atoms with Gasteiger partial charge in [0.2, 0.25) is 5.91 Å². The summed E-state index contributed by atoms with van der Waals surface area (Å²) in [6.45, 7) is 2.54. The molecule has 1 fully saturated rings. The zero-order valence-electron chi connectivity index (χ0n) is 16.2. The summed E-state index contributed by atoms with van der Waals surface area (Å²) in [5.74, 6) is -1.26. The molecule has 156 valence electrons. The largest absolute Gasteiger partial charge is 0.378 e. The van der Waals surface area contributed by atoms with E-state index < -0.39 is 21.5 Å². The molecule has 0 radical (unpaired) electrons. The molecule has 0 aliphatic carbocycles. The van der Waals surface area contributed by atoms with Crippen molar-refractivity contribution in [1.82, 2.24) is 0 Å². The summed E-state index contributed by atoms with van der Waals surface area (Å²) in [4.78, 5) is 14.8. The smallest absolute Gasteiger partial charge is 0.240 e. The van der Waals surface area contributed by atoms with Gasteiger partial charge in [-0.05, 0) is 41.1 Å². The van der Waals surface area contributed by atoms with E-state index >= 15 is 0 Å². The molecule has 0 atom stereocenters. The number of carbonyl (C=O) groups is 1. The molecule has 1 aliphatic rings. The number of halogens is 1. The van der Waals surface area contributed by atoms with Crippen molar-refractivity contribution in [3.8, 4) is 0 Å². The number of rotatable bonds is 5. The van der Waals surface area contributed by atoms with Crippen molar-refractivity contribution in [1.29, 1.82) is 0 Å². The maximum absolute atomic E-state index is 12.8. The number of anilines is 2. The minimum absolute atomic E-state index is 0.121. The highest BCUT2D eigenvalue weighted by Crippen LogP contribution is 2.30. The molecular formula is C22H21ClN2O4S. The lowest BCUT2D eigenvalue weighted by molar-refractivity contribution is -0.113. The first-order valence-electron chi connectivity index (χ1n) is 9.56. The zero-order valence-corrected chi connectivity index (χ0v) is 17.7. The highest BCUT2D eigenvalue weighted by molar-refractivity contribution is 7.92. The van der Waals surface area contributed by atoms with Crippen LogP contribution in [0.5, 0.6) is 0 Å². The Balaban J connectivity index is 1.54. The van der Waals surface area contributed by atoms with Gasteiger partial charge < -0.3 is 15.0 Å². The van der Waals surface area contributed by atoms with Crippen LogP contribution in [0.3, 0.4) is 0 Å². The first-order chi connectivity index (χ1) is 14.4. The molecule has 1 saturated heterocycles. The Kier molecular flexibility index (Phi) is 5.94. The maximum Gasteiger partial charge on any atom is 0.240 e. The molecular weight excluding hydrogens is 424 g/mol. The standard InChI is InChI=1S/C22H21ClN2O4S/c23-18-6-8-21(25-9-11-29-12-10-25)20(14-18)24-22(26)15-30(27,28)19-7-5-16-3-1-2-4-17(16)13-19/h1-8,13-14H,9-12,15H2,(H,24,26). The van der Waals surface area contributed by atoms with Gasteiger partial charge in [-0.3, -0.25) is 4.79 Å². The van der Waals surface area contributed by atoms with Crippen LogP contribution < -0.4 is 10.2 Å². The molecule has 1 aliphatic heterocycles. The van der Waals surface area contributed by atoms with E-state index in [2.05, 4.69) is 10.2 Å². The van der Waals surface area contributed by atoms with Crippen molar-refractivity contribution >= 4 is 49.5 Å². The lowest BCUT2D eigenvalue weighted by atomic mass is 10.1. The Hall–Kier alpha value is -2.61. The van der Waals surface area contributed by atoms with Gasteiger partial charge in [0, 0.05) is 18.1 Å².